The zero-order chi connectivity index (χ0) is 13.7. The Morgan fingerprint density at radius 1 is 1.32 bits per heavy atom. The Kier molecular flexibility index (Phi) is 5.00. The molecule has 0 amide bonds. The molecule has 4 nitrogen and oxygen atoms in total. The lowest BCUT2D eigenvalue weighted by molar-refractivity contribution is 0.268. The van der Waals surface area contributed by atoms with E-state index in [9.17, 15) is 0 Å². The van der Waals surface area contributed by atoms with Crippen molar-refractivity contribution in [1.82, 2.24) is 9.97 Å². The lowest BCUT2D eigenvalue weighted by Gasteiger charge is -2.28. The predicted molar refractivity (Wildman–Crippen MR) is 77.5 cm³/mol. The van der Waals surface area contributed by atoms with Crippen molar-refractivity contribution >= 4 is 5.95 Å². The third-order valence-electron chi connectivity index (χ3n) is 3.93. The van der Waals surface area contributed by atoms with Crippen LogP contribution in [0.1, 0.15) is 45.2 Å². The maximum Gasteiger partial charge on any atom is 0.226 e. The van der Waals surface area contributed by atoms with E-state index in [2.05, 4.69) is 22.2 Å². The molecular formula is C15H25N3O. The van der Waals surface area contributed by atoms with E-state index in [4.69, 9.17) is 4.74 Å². The Balaban J connectivity index is 1.94. The van der Waals surface area contributed by atoms with Crippen molar-refractivity contribution in [3.05, 3.63) is 11.8 Å². The van der Waals surface area contributed by atoms with Gasteiger partial charge in [0.1, 0.15) is 0 Å². The molecule has 1 aromatic heterocycles. The second-order valence-electron chi connectivity index (χ2n) is 5.51. The molecule has 0 radical (unpaired) electrons. The van der Waals surface area contributed by atoms with Gasteiger partial charge in [0.05, 0.1) is 6.61 Å². The van der Waals surface area contributed by atoms with E-state index in [0.29, 0.717) is 18.4 Å². The number of ether oxygens (including phenoxy) is 1. The van der Waals surface area contributed by atoms with Crippen LogP contribution < -0.4 is 10.1 Å². The number of aryl methyl sites for hydroxylation is 1. The van der Waals surface area contributed by atoms with Crippen LogP contribution in [0.15, 0.2) is 6.07 Å². The quantitative estimate of drug-likeness (QED) is 0.884. The number of anilines is 1. The average Bonchev–Trinajstić information content (AvgIpc) is 2.37. The minimum absolute atomic E-state index is 0.634. The molecule has 1 aliphatic carbocycles. The van der Waals surface area contributed by atoms with Crippen molar-refractivity contribution in [2.24, 2.45) is 11.8 Å². The van der Waals surface area contributed by atoms with Crippen LogP contribution >= 0.6 is 0 Å². The van der Waals surface area contributed by atoms with E-state index in [1.54, 1.807) is 0 Å². The molecule has 19 heavy (non-hydrogen) atoms. The second kappa shape index (κ2) is 6.73. The highest BCUT2D eigenvalue weighted by Crippen LogP contribution is 2.29. The first kappa shape index (κ1) is 14.1. The monoisotopic (exact) mass is 263 g/mol. The molecule has 1 fully saturated rings. The number of nitrogens with zero attached hydrogens (tertiary/aromatic N) is 2. The highest BCUT2D eigenvalue weighted by atomic mass is 16.5. The van der Waals surface area contributed by atoms with E-state index < -0.39 is 0 Å². The van der Waals surface area contributed by atoms with E-state index in [0.717, 1.165) is 24.1 Å². The van der Waals surface area contributed by atoms with Gasteiger partial charge in [-0.2, -0.15) is 4.98 Å². The number of rotatable bonds is 5. The summed E-state index contributed by atoms with van der Waals surface area (Å²) in [5.41, 5.74) is 0.942. The van der Waals surface area contributed by atoms with E-state index >= 15 is 0 Å². The molecule has 0 aliphatic heterocycles. The lowest BCUT2D eigenvalue weighted by Crippen LogP contribution is -2.25. The standard InChI is InChI=1S/C15H25N3O/c1-4-19-14-9-12(3)17-15(18-14)16-10-13-8-6-5-7-11(13)2/h9,11,13H,4-8,10H2,1-3H3,(H,16,17,18). The molecule has 1 aliphatic rings. The Morgan fingerprint density at radius 2 is 2.11 bits per heavy atom. The van der Waals surface area contributed by atoms with Crippen molar-refractivity contribution in [2.45, 2.75) is 46.5 Å². The SMILES string of the molecule is CCOc1cc(C)nc(NCC2CCCCC2C)n1. The van der Waals surface area contributed by atoms with E-state index in [1.807, 2.05) is 19.9 Å². The summed E-state index contributed by atoms with van der Waals surface area (Å²) < 4.78 is 5.45. The smallest absolute Gasteiger partial charge is 0.226 e. The van der Waals surface area contributed by atoms with Crippen LogP contribution in [0.3, 0.4) is 0 Å². The molecule has 0 aromatic carbocycles. The topological polar surface area (TPSA) is 47.0 Å². The zero-order valence-electron chi connectivity index (χ0n) is 12.3. The van der Waals surface area contributed by atoms with Gasteiger partial charge < -0.3 is 10.1 Å². The number of nitrogens with one attached hydrogen (secondary N) is 1. The average molecular weight is 263 g/mol. The molecule has 0 bridgehead atoms. The first-order valence-corrected chi connectivity index (χ1v) is 7.41. The molecule has 106 valence electrons. The fourth-order valence-corrected chi connectivity index (χ4v) is 2.76. The molecule has 0 spiro atoms. The summed E-state index contributed by atoms with van der Waals surface area (Å²) in [4.78, 5) is 8.81. The summed E-state index contributed by atoms with van der Waals surface area (Å²) in [6.45, 7) is 7.90. The molecule has 1 saturated carbocycles. The Hall–Kier alpha value is -1.32. The zero-order valence-corrected chi connectivity index (χ0v) is 12.3. The van der Waals surface area contributed by atoms with E-state index in [1.165, 1.54) is 25.7 Å². The van der Waals surface area contributed by atoms with Gasteiger partial charge in [-0.1, -0.05) is 26.2 Å². The summed E-state index contributed by atoms with van der Waals surface area (Å²) in [6, 6.07) is 1.87. The van der Waals surface area contributed by atoms with Gasteiger partial charge in [0.15, 0.2) is 0 Å². The first-order chi connectivity index (χ1) is 9.19. The first-order valence-electron chi connectivity index (χ1n) is 7.41. The largest absolute Gasteiger partial charge is 0.478 e. The van der Waals surface area contributed by atoms with Gasteiger partial charge in [-0.05, 0) is 32.1 Å². The predicted octanol–water partition coefficient (Wildman–Crippen LogP) is 3.42. The molecule has 2 unspecified atom stereocenters. The third kappa shape index (κ3) is 4.08. The maximum absolute atomic E-state index is 5.45. The van der Waals surface area contributed by atoms with Gasteiger partial charge in [-0.15, -0.1) is 0 Å². The van der Waals surface area contributed by atoms with Crippen molar-refractivity contribution in [2.75, 3.05) is 18.5 Å². The molecular weight excluding hydrogens is 238 g/mol. The molecule has 1 heterocycles. The molecule has 1 N–H and O–H groups in total. The van der Waals surface area contributed by atoms with Gasteiger partial charge in [0.25, 0.3) is 0 Å². The number of aromatic nitrogens is 2. The van der Waals surface area contributed by atoms with Gasteiger partial charge in [-0.3, -0.25) is 0 Å². The Labute approximate surface area is 116 Å². The fourth-order valence-electron chi connectivity index (χ4n) is 2.76. The minimum atomic E-state index is 0.634. The van der Waals surface area contributed by atoms with Crippen molar-refractivity contribution in [1.29, 1.82) is 0 Å². The van der Waals surface area contributed by atoms with Crippen LogP contribution in [0.2, 0.25) is 0 Å². The van der Waals surface area contributed by atoms with Crippen LogP contribution in [0.5, 0.6) is 5.88 Å². The van der Waals surface area contributed by atoms with Gasteiger partial charge in [0.2, 0.25) is 11.8 Å². The van der Waals surface area contributed by atoms with Crippen molar-refractivity contribution < 1.29 is 4.74 Å². The Morgan fingerprint density at radius 3 is 2.84 bits per heavy atom. The molecule has 1 aromatic rings. The highest BCUT2D eigenvalue weighted by molar-refractivity contribution is 5.30. The second-order valence-corrected chi connectivity index (χ2v) is 5.51. The number of hydrogen-bond acceptors (Lipinski definition) is 4. The third-order valence-corrected chi connectivity index (χ3v) is 3.93. The van der Waals surface area contributed by atoms with Crippen LogP contribution in [-0.4, -0.2) is 23.1 Å². The summed E-state index contributed by atoms with van der Waals surface area (Å²) in [6.07, 6.45) is 5.41. The molecule has 2 atom stereocenters. The highest BCUT2D eigenvalue weighted by Gasteiger charge is 2.21. The van der Waals surface area contributed by atoms with Crippen LogP contribution in [0.4, 0.5) is 5.95 Å². The van der Waals surface area contributed by atoms with Gasteiger partial charge >= 0.3 is 0 Å². The van der Waals surface area contributed by atoms with Crippen molar-refractivity contribution in [3.8, 4) is 5.88 Å². The van der Waals surface area contributed by atoms with Gasteiger partial charge in [-0.25, -0.2) is 4.98 Å². The summed E-state index contributed by atoms with van der Waals surface area (Å²) >= 11 is 0. The fraction of sp³-hybridized carbons (Fsp3) is 0.733. The lowest BCUT2D eigenvalue weighted by atomic mass is 9.80. The van der Waals surface area contributed by atoms with Crippen LogP contribution in [0, 0.1) is 18.8 Å². The van der Waals surface area contributed by atoms with Gasteiger partial charge in [0, 0.05) is 18.3 Å². The normalized spacial score (nSPS) is 23.1. The summed E-state index contributed by atoms with van der Waals surface area (Å²) in [5, 5.41) is 3.38. The molecule has 2 rings (SSSR count). The minimum Gasteiger partial charge on any atom is -0.478 e. The summed E-state index contributed by atoms with van der Waals surface area (Å²) in [7, 11) is 0. The molecule has 4 heteroatoms. The number of hydrogen-bond donors (Lipinski definition) is 1. The van der Waals surface area contributed by atoms with Crippen LogP contribution in [0.25, 0.3) is 0 Å². The molecule has 0 saturated heterocycles. The Bertz CT molecular complexity index is 408. The van der Waals surface area contributed by atoms with Crippen LogP contribution in [-0.2, 0) is 0 Å². The van der Waals surface area contributed by atoms with E-state index in [-0.39, 0.29) is 0 Å². The maximum atomic E-state index is 5.45. The van der Waals surface area contributed by atoms with Crippen molar-refractivity contribution in [3.63, 3.8) is 0 Å². The summed E-state index contributed by atoms with van der Waals surface area (Å²) in [5.74, 6) is 2.90.